The number of hydrogen-bond acceptors (Lipinski definition) is 5. The van der Waals surface area contributed by atoms with Crippen LogP contribution in [0, 0.1) is 6.92 Å². The van der Waals surface area contributed by atoms with Gasteiger partial charge in [-0.3, -0.25) is 0 Å². The van der Waals surface area contributed by atoms with Crippen LogP contribution in [0.5, 0.6) is 11.5 Å². The second kappa shape index (κ2) is 4.70. The Bertz CT molecular complexity index is 765. The molecule has 0 aliphatic heterocycles. The molecule has 0 atom stereocenters. The molecule has 1 heterocycles. The van der Waals surface area contributed by atoms with Crippen LogP contribution in [0.25, 0.3) is 22.8 Å². The Morgan fingerprint density at radius 2 is 1.85 bits per heavy atom. The van der Waals surface area contributed by atoms with E-state index < -0.39 is 0 Å². The van der Waals surface area contributed by atoms with E-state index in [1.807, 2.05) is 6.07 Å². The Morgan fingerprint density at radius 3 is 2.65 bits per heavy atom. The van der Waals surface area contributed by atoms with Crippen molar-refractivity contribution in [2.45, 2.75) is 6.92 Å². The zero-order valence-corrected chi connectivity index (χ0v) is 10.7. The topological polar surface area (TPSA) is 79.4 Å². The third-order valence-electron chi connectivity index (χ3n) is 3.00. The summed E-state index contributed by atoms with van der Waals surface area (Å²) in [7, 11) is 0. The fraction of sp³-hybridized carbons (Fsp3) is 0.0667. The zero-order valence-electron chi connectivity index (χ0n) is 10.7. The largest absolute Gasteiger partial charge is 0.508 e. The average Bonchev–Trinajstić information content (AvgIpc) is 2.91. The molecule has 3 aromatic rings. The van der Waals surface area contributed by atoms with Gasteiger partial charge in [-0.05, 0) is 30.7 Å². The SMILES string of the molecule is Cc1cccc(-c2nc(-c3cccc(O)c3)no2)c1O. The number of phenolic OH excluding ortho intramolecular Hbond substituents is 2. The normalized spacial score (nSPS) is 10.7. The third kappa shape index (κ3) is 2.09. The second-order valence-electron chi connectivity index (χ2n) is 4.44. The summed E-state index contributed by atoms with van der Waals surface area (Å²) in [6.07, 6.45) is 0. The molecule has 3 rings (SSSR count). The quantitative estimate of drug-likeness (QED) is 0.746. The molecular weight excluding hydrogens is 256 g/mol. The number of phenols is 2. The highest BCUT2D eigenvalue weighted by molar-refractivity contribution is 5.66. The highest BCUT2D eigenvalue weighted by atomic mass is 16.5. The number of hydrogen-bond donors (Lipinski definition) is 2. The summed E-state index contributed by atoms with van der Waals surface area (Å²) in [5.41, 5.74) is 1.87. The smallest absolute Gasteiger partial charge is 0.262 e. The van der Waals surface area contributed by atoms with Gasteiger partial charge in [-0.2, -0.15) is 4.98 Å². The predicted molar refractivity (Wildman–Crippen MR) is 73.2 cm³/mol. The van der Waals surface area contributed by atoms with Crippen LogP contribution in [0.4, 0.5) is 0 Å². The fourth-order valence-electron chi connectivity index (χ4n) is 1.93. The van der Waals surface area contributed by atoms with E-state index in [9.17, 15) is 10.2 Å². The first kappa shape index (κ1) is 12.2. The Kier molecular flexibility index (Phi) is 2.87. The van der Waals surface area contributed by atoms with Gasteiger partial charge in [0, 0.05) is 5.56 Å². The summed E-state index contributed by atoms with van der Waals surface area (Å²) in [5, 5.41) is 23.3. The van der Waals surface area contributed by atoms with Gasteiger partial charge in [-0.15, -0.1) is 0 Å². The molecule has 0 saturated heterocycles. The summed E-state index contributed by atoms with van der Waals surface area (Å²) < 4.78 is 5.18. The molecule has 0 amide bonds. The number of nitrogens with zero attached hydrogens (tertiary/aromatic N) is 2. The van der Waals surface area contributed by atoms with Gasteiger partial charge in [-0.1, -0.05) is 29.4 Å². The molecule has 5 nitrogen and oxygen atoms in total. The van der Waals surface area contributed by atoms with Crippen molar-refractivity contribution in [1.82, 2.24) is 10.1 Å². The third-order valence-corrected chi connectivity index (χ3v) is 3.00. The first-order chi connectivity index (χ1) is 9.65. The molecule has 100 valence electrons. The molecule has 0 radical (unpaired) electrons. The molecule has 5 heteroatoms. The molecule has 0 aliphatic carbocycles. The van der Waals surface area contributed by atoms with Gasteiger partial charge in [-0.25, -0.2) is 0 Å². The average molecular weight is 268 g/mol. The summed E-state index contributed by atoms with van der Waals surface area (Å²) in [5.74, 6) is 0.854. The van der Waals surface area contributed by atoms with Crippen molar-refractivity contribution in [2.24, 2.45) is 0 Å². The molecule has 0 unspecified atom stereocenters. The van der Waals surface area contributed by atoms with Crippen LogP contribution in [0.2, 0.25) is 0 Å². The van der Waals surface area contributed by atoms with Gasteiger partial charge in [0.2, 0.25) is 5.82 Å². The van der Waals surface area contributed by atoms with Gasteiger partial charge in [0.25, 0.3) is 5.89 Å². The fourth-order valence-corrected chi connectivity index (χ4v) is 1.93. The Balaban J connectivity index is 2.04. The van der Waals surface area contributed by atoms with Crippen molar-refractivity contribution >= 4 is 0 Å². The zero-order chi connectivity index (χ0) is 14.1. The standard InChI is InChI=1S/C15H12N2O3/c1-9-4-2-7-12(13(9)19)15-16-14(17-20-15)10-5-3-6-11(18)8-10/h2-8,18-19H,1H3. The van der Waals surface area contributed by atoms with Crippen LogP contribution in [0.15, 0.2) is 47.0 Å². The van der Waals surface area contributed by atoms with Crippen molar-refractivity contribution in [1.29, 1.82) is 0 Å². The van der Waals surface area contributed by atoms with Gasteiger partial charge >= 0.3 is 0 Å². The van der Waals surface area contributed by atoms with Crippen molar-refractivity contribution in [3.05, 3.63) is 48.0 Å². The first-order valence-electron chi connectivity index (χ1n) is 6.07. The van der Waals surface area contributed by atoms with E-state index in [4.69, 9.17) is 4.52 Å². The maximum absolute atomic E-state index is 10.0. The van der Waals surface area contributed by atoms with Gasteiger partial charge in [0.05, 0.1) is 5.56 Å². The summed E-state index contributed by atoms with van der Waals surface area (Å²) in [6, 6.07) is 11.9. The minimum absolute atomic E-state index is 0.124. The minimum Gasteiger partial charge on any atom is -0.508 e. The lowest BCUT2D eigenvalue weighted by Crippen LogP contribution is -1.83. The van der Waals surface area contributed by atoms with Crippen molar-refractivity contribution in [3.8, 4) is 34.3 Å². The van der Waals surface area contributed by atoms with E-state index in [-0.39, 0.29) is 17.4 Å². The van der Waals surface area contributed by atoms with E-state index in [0.717, 1.165) is 5.56 Å². The maximum atomic E-state index is 10.0. The number of aromatic nitrogens is 2. The molecule has 1 aromatic heterocycles. The number of benzene rings is 2. The number of aromatic hydroxyl groups is 2. The highest BCUT2D eigenvalue weighted by Crippen LogP contribution is 2.32. The monoisotopic (exact) mass is 268 g/mol. The minimum atomic E-state index is 0.124. The predicted octanol–water partition coefficient (Wildman–Crippen LogP) is 3.12. The lowest BCUT2D eigenvalue weighted by Gasteiger charge is -2.01. The van der Waals surface area contributed by atoms with Crippen molar-refractivity contribution in [3.63, 3.8) is 0 Å². The Morgan fingerprint density at radius 1 is 1.05 bits per heavy atom. The van der Waals surface area contributed by atoms with Crippen LogP contribution in [0.1, 0.15) is 5.56 Å². The molecule has 0 fully saturated rings. The van der Waals surface area contributed by atoms with Gasteiger partial charge < -0.3 is 14.7 Å². The van der Waals surface area contributed by atoms with Crippen LogP contribution in [-0.4, -0.2) is 20.4 Å². The summed E-state index contributed by atoms with van der Waals surface area (Å²) in [6.45, 7) is 1.80. The van der Waals surface area contributed by atoms with Crippen LogP contribution in [0.3, 0.4) is 0 Å². The Hall–Kier alpha value is -2.82. The number of rotatable bonds is 2. The lowest BCUT2D eigenvalue weighted by molar-refractivity contribution is 0.425. The van der Waals surface area contributed by atoms with Crippen LogP contribution < -0.4 is 0 Å². The molecule has 2 N–H and O–H groups in total. The van der Waals surface area contributed by atoms with Crippen LogP contribution >= 0.6 is 0 Å². The van der Waals surface area contributed by atoms with Crippen molar-refractivity contribution in [2.75, 3.05) is 0 Å². The molecule has 0 spiro atoms. The van der Waals surface area contributed by atoms with Crippen molar-refractivity contribution < 1.29 is 14.7 Å². The van der Waals surface area contributed by atoms with E-state index in [1.54, 1.807) is 43.3 Å². The van der Waals surface area contributed by atoms with E-state index in [2.05, 4.69) is 10.1 Å². The highest BCUT2D eigenvalue weighted by Gasteiger charge is 2.15. The first-order valence-corrected chi connectivity index (χ1v) is 6.07. The number of aryl methyl sites for hydroxylation is 1. The van der Waals surface area contributed by atoms with E-state index in [0.29, 0.717) is 17.0 Å². The van der Waals surface area contributed by atoms with E-state index in [1.165, 1.54) is 0 Å². The van der Waals surface area contributed by atoms with E-state index >= 15 is 0 Å². The molecule has 2 aromatic carbocycles. The Labute approximate surface area is 115 Å². The second-order valence-corrected chi connectivity index (χ2v) is 4.44. The van der Waals surface area contributed by atoms with Gasteiger partial charge in [0.1, 0.15) is 11.5 Å². The molecule has 0 saturated carbocycles. The molecule has 0 bridgehead atoms. The molecular formula is C15H12N2O3. The summed E-state index contributed by atoms with van der Waals surface area (Å²) >= 11 is 0. The number of para-hydroxylation sites is 1. The van der Waals surface area contributed by atoms with Gasteiger partial charge in [0.15, 0.2) is 0 Å². The maximum Gasteiger partial charge on any atom is 0.262 e. The van der Waals surface area contributed by atoms with Crippen LogP contribution in [-0.2, 0) is 0 Å². The molecule has 20 heavy (non-hydrogen) atoms. The lowest BCUT2D eigenvalue weighted by atomic mass is 10.1. The summed E-state index contributed by atoms with van der Waals surface area (Å²) in [4.78, 5) is 4.24. The molecule has 0 aliphatic rings.